The minimum Gasteiger partial charge on any atom is -0.453 e. The summed E-state index contributed by atoms with van der Waals surface area (Å²) in [5, 5.41) is 17.9. The Morgan fingerprint density at radius 3 is 2.84 bits per heavy atom. The quantitative estimate of drug-likeness (QED) is 0.700. The van der Waals surface area contributed by atoms with Gasteiger partial charge in [-0.2, -0.15) is 0 Å². The molecule has 3 amide bonds. The molecule has 168 valence electrons. The molecule has 2 heterocycles. The maximum Gasteiger partial charge on any atom is 0.409 e. The van der Waals surface area contributed by atoms with Crippen molar-refractivity contribution in [3.05, 3.63) is 29.0 Å². The third-order valence-electron chi connectivity index (χ3n) is 5.93. The number of likely N-dealkylation sites (tertiary alicyclic amines) is 1. The highest BCUT2D eigenvalue weighted by Crippen LogP contribution is 2.31. The molecule has 0 radical (unpaired) electrons. The van der Waals surface area contributed by atoms with Crippen LogP contribution >= 0.6 is 11.6 Å². The standard InChI is InChI=1S/C21H27ClN4O5/c1-30-21(29)25-9-13(6-14(10-25)12-27)11-26(16-3-4-16)20(28)23-8-19-17-7-15(22)2-5-18(17)24-31-19/h2,5,7,13-14,16,27H,3-4,6,8-12H2,1H3,(H,23,28)/t13?,14-/m0/s1. The molecule has 1 aliphatic carbocycles. The molecule has 1 saturated heterocycles. The zero-order valence-electron chi connectivity index (χ0n) is 17.4. The van der Waals surface area contributed by atoms with Crippen LogP contribution in [0.5, 0.6) is 0 Å². The van der Waals surface area contributed by atoms with Crippen molar-refractivity contribution >= 4 is 34.6 Å². The van der Waals surface area contributed by atoms with Crippen molar-refractivity contribution in [1.29, 1.82) is 0 Å². The van der Waals surface area contributed by atoms with Gasteiger partial charge in [-0.25, -0.2) is 9.59 Å². The second-order valence-electron chi connectivity index (χ2n) is 8.33. The number of rotatable bonds is 6. The minimum atomic E-state index is -0.401. The van der Waals surface area contributed by atoms with E-state index in [1.165, 1.54) is 7.11 Å². The van der Waals surface area contributed by atoms with E-state index in [0.29, 0.717) is 35.9 Å². The average molecular weight is 451 g/mol. The number of carbonyl (C=O) groups excluding carboxylic acids is 2. The fraction of sp³-hybridized carbons (Fsp3) is 0.571. The maximum absolute atomic E-state index is 13.0. The molecule has 10 heteroatoms. The van der Waals surface area contributed by atoms with Gasteiger partial charge in [-0.05, 0) is 43.4 Å². The number of piperidine rings is 1. The zero-order chi connectivity index (χ0) is 22.0. The number of aliphatic hydroxyl groups is 1. The zero-order valence-corrected chi connectivity index (χ0v) is 18.2. The maximum atomic E-state index is 13.0. The highest BCUT2D eigenvalue weighted by molar-refractivity contribution is 6.31. The van der Waals surface area contributed by atoms with Crippen LogP contribution in [0.15, 0.2) is 22.7 Å². The van der Waals surface area contributed by atoms with Gasteiger partial charge >= 0.3 is 12.1 Å². The molecule has 1 unspecified atom stereocenters. The van der Waals surface area contributed by atoms with Gasteiger partial charge in [0.2, 0.25) is 0 Å². The lowest BCUT2D eigenvalue weighted by molar-refractivity contribution is 0.0573. The van der Waals surface area contributed by atoms with Crippen LogP contribution in [-0.2, 0) is 11.3 Å². The number of hydrogen-bond acceptors (Lipinski definition) is 6. The third kappa shape index (κ3) is 5.04. The van der Waals surface area contributed by atoms with Gasteiger partial charge in [-0.1, -0.05) is 16.8 Å². The fourth-order valence-corrected chi connectivity index (χ4v) is 4.44. The molecular formula is C21H27ClN4O5. The summed E-state index contributed by atoms with van der Waals surface area (Å²) in [5.74, 6) is 0.602. The molecule has 0 bridgehead atoms. The van der Waals surface area contributed by atoms with Gasteiger partial charge in [0.05, 0.1) is 13.7 Å². The number of aromatic nitrogens is 1. The monoisotopic (exact) mass is 450 g/mol. The second kappa shape index (κ2) is 9.32. The Hall–Kier alpha value is -2.52. The molecule has 4 rings (SSSR count). The number of fused-ring (bicyclic) bond motifs is 1. The first-order chi connectivity index (χ1) is 15.0. The summed E-state index contributed by atoms with van der Waals surface area (Å²) < 4.78 is 10.2. The Morgan fingerprint density at radius 1 is 1.35 bits per heavy atom. The number of amides is 3. The van der Waals surface area contributed by atoms with E-state index in [2.05, 4.69) is 10.5 Å². The predicted molar refractivity (Wildman–Crippen MR) is 114 cm³/mol. The Kier molecular flexibility index (Phi) is 6.52. The number of ether oxygens (including phenoxy) is 1. The molecule has 0 spiro atoms. The first-order valence-electron chi connectivity index (χ1n) is 10.5. The van der Waals surface area contributed by atoms with Crippen LogP contribution in [0.4, 0.5) is 9.59 Å². The van der Waals surface area contributed by atoms with Crippen LogP contribution < -0.4 is 5.32 Å². The summed E-state index contributed by atoms with van der Waals surface area (Å²) in [7, 11) is 1.35. The van der Waals surface area contributed by atoms with Gasteiger partial charge < -0.3 is 29.5 Å². The van der Waals surface area contributed by atoms with Gasteiger partial charge in [0.1, 0.15) is 5.52 Å². The van der Waals surface area contributed by atoms with Crippen LogP contribution in [0, 0.1) is 11.8 Å². The lowest BCUT2D eigenvalue weighted by Crippen LogP contribution is -2.50. The number of aliphatic hydroxyl groups excluding tert-OH is 1. The summed E-state index contributed by atoms with van der Waals surface area (Å²) in [4.78, 5) is 28.5. The highest BCUT2D eigenvalue weighted by Gasteiger charge is 2.37. The highest BCUT2D eigenvalue weighted by atomic mass is 35.5. The molecule has 2 fully saturated rings. The van der Waals surface area contributed by atoms with Crippen LogP contribution in [0.3, 0.4) is 0 Å². The summed E-state index contributed by atoms with van der Waals surface area (Å²) in [6.45, 7) is 1.70. The number of hydrogen-bond donors (Lipinski definition) is 2. The van der Waals surface area contributed by atoms with Crippen molar-refractivity contribution < 1.29 is 24.0 Å². The van der Waals surface area contributed by atoms with E-state index in [1.807, 2.05) is 4.90 Å². The molecule has 9 nitrogen and oxygen atoms in total. The Bertz CT molecular complexity index is 947. The molecule has 31 heavy (non-hydrogen) atoms. The van der Waals surface area contributed by atoms with Crippen molar-refractivity contribution in [2.24, 2.45) is 11.8 Å². The Morgan fingerprint density at radius 2 is 2.13 bits per heavy atom. The average Bonchev–Trinajstić information content (AvgIpc) is 3.55. The first-order valence-corrected chi connectivity index (χ1v) is 10.9. The molecule has 2 N–H and O–H groups in total. The van der Waals surface area contributed by atoms with Crippen LogP contribution in [0.25, 0.3) is 10.9 Å². The summed E-state index contributed by atoms with van der Waals surface area (Å²) in [6, 6.07) is 5.31. The van der Waals surface area contributed by atoms with E-state index in [4.69, 9.17) is 20.9 Å². The molecule has 1 aliphatic heterocycles. The summed E-state index contributed by atoms with van der Waals surface area (Å²) >= 11 is 6.07. The molecule has 2 atom stereocenters. The van der Waals surface area contributed by atoms with Gasteiger partial charge in [-0.15, -0.1) is 0 Å². The van der Waals surface area contributed by atoms with E-state index >= 15 is 0 Å². The van der Waals surface area contributed by atoms with E-state index in [1.54, 1.807) is 23.1 Å². The number of nitrogens with one attached hydrogen (secondary N) is 1. The van der Waals surface area contributed by atoms with Crippen molar-refractivity contribution in [3.8, 4) is 0 Å². The molecular weight excluding hydrogens is 424 g/mol. The lowest BCUT2D eigenvalue weighted by Gasteiger charge is -2.38. The van der Waals surface area contributed by atoms with Gasteiger partial charge in [0.15, 0.2) is 5.76 Å². The largest absolute Gasteiger partial charge is 0.453 e. The molecule has 1 aromatic carbocycles. The van der Waals surface area contributed by atoms with Crippen LogP contribution in [0.1, 0.15) is 25.0 Å². The number of methoxy groups -OCH3 is 1. The first kappa shape index (κ1) is 21.7. The van der Waals surface area contributed by atoms with Gasteiger partial charge in [0.25, 0.3) is 0 Å². The summed E-state index contributed by atoms with van der Waals surface area (Å²) in [5.41, 5.74) is 0.688. The number of halogens is 1. The minimum absolute atomic E-state index is 0.000741. The number of nitrogens with zero attached hydrogens (tertiary/aromatic N) is 3. The van der Waals surface area contributed by atoms with Crippen LogP contribution in [0.2, 0.25) is 5.02 Å². The van der Waals surface area contributed by atoms with Crippen molar-refractivity contribution in [3.63, 3.8) is 0 Å². The third-order valence-corrected chi connectivity index (χ3v) is 6.17. The van der Waals surface area contributed by atoms with E-state index in [9.17, 15) is 14.7 Å². The Balaban J connectivity index is 1.40. The summed E-state index contributed by atoms with van der Waals surface area (Å²) in [6.07, 6.45) is 2.28. The van der Waals surface area contributed by atoms with E-state index in [-0.39, 0.29) is 37.1 Å². The van der Waals surface area contributed by atoms with Crippen molar-refractivity contribution in [2.75, 3.05) is 33.4 Å². The SMILES string of the molecule is COC(=O)N1CC(CN(C(=O)NCc2onc3ccc(Cl)cc23)C2CC2)C[C@H](CO)C1. The van der Waals surface area contributed by atoms with Gasteiger partial charge in [-0.3, -0.25) is 0 Å². The molecule has 1 saturated carbocycles. The van der Waals surface area contributed by atoms with Crippen molar-refractivity contribution in [1.82, 2.24) is 20.3 Å². The fourth-order valence-electron chi connectivity index (χ4n) is 4.27. The number of carbonyl (C=O) groups is 2. The predicted octanol–water partition coefficient (Wildman–Crippen LogP) is 2.85. The van der Waals surface area contributed by atoms with E-state index in [0.717, 1.165) is 24.6 Å². The second-order valence-corrected chi connectivity index (χ2v) is 8.77. The molecule has 1 aromatic heterocycles. The van der Waals surface area contributed by atoms with E-state index < -0.39 is 6.09 Å². The molecule has 2 aromatic rings. The number of benzene rings is 1. The molecule has 2 aliphatic rings. The Labute approximate surface area is 185 Å². The normalized spacial score (nSPS) is 21.2. The number of urea groups is 1. The van der Waals surface area contributed by atoms with Gasteiger partial charge in [0, 0.05) is 48.6 Å². The smallest absolute Gasteiger partial charge is 0.409 e. The van der Waals surface area contributed by atoms with Crippen molar-refractivity contribution in [2.45, 2.75) is 31.8 Å². The van der Waals surface area contributed by atoms with Crippen LogP contribution in [-0.4, -0.2) is 71.6 Å². The lowest BCUT2D eigenvalue weighted by atomic mass is 9.89. The topological polar surface area (TPSA) is 108 Å².